The molecule has 0 radical (unpaired) electrons. The van der Waals surface area contributed by atoms with Crippen LogP contribution in [0.1, 0.15) is 19.4 Å². The summed E-state index contributed by atoms with van der Waals surface area (Å²) in [5, 5.41) is 14.5. The van der Waals surface area contributed by atoms with Crippen LogP contribution in [0.2, 0.25) is 5.02 Å². The number of hydrogen-bond donors (Lipinski definition) is 1. The Hall–Kier alpha value is -1.55. The molecule has 4 nitrogen and oxygen atoms in total. The standard InChI is InChI=1S/C11H11ClN2O2/c1-7(4-11(15)16)14-10-5-9(12)3-2-8(10)6-13-14/h2-3,5-7H,4H2,1H3,(H,15,16). The van der Waals surface area contributed by atoms with Crippen LogP contribution in [0.5, 0.6) is 0 Å². The highest BCUT2D eigenvalue weighted by Crippen LogP contribution is 2.22. The number of aromatic nitrogens is 2. The number of halogens is 1. The second-order valence-corrected chi connectivity index (χ2v) is 4.18. The highest BCUT2D eigenvalue weighted by atomic mass is 35.5. The highest BCUT2D eigenvalue weighted by molar-refractivity contribution is 6.31. The van der Waals surface area contributed by atoms with Crippen molar-refractivity contribution in [2.24, 2.45) is 0 Å². The third kappa shape index (κ3) is 2.02. The maximum atomic E-state index is 10.6. The van der Waals surface area contributed by atoms with Crippen molar-refractivity contribution in [3.8, 4) is 0 Å². The van der Waals surface area contributed by atoms with Crippen LogP contribution in [-0.2, 0) is 4.79 Å². The van der Waals surface area contributed by atoms with Gasteiger partial charge in [0.25, 0.3) is 0 Å². The van der Waals surface area contributed by atoms with E-state index in [2.05, 4.69) is 5.10 Å². The molecular formula is C11H11ClN2O2. The molecule has 1 N–H and O–H groups in total. The van der Waals surface area contributed by atoms with Crippen molar-refractivity contribution >= 4 is 28.5 Å². The minimum absolute atomic E-state index is 0.0449. The topological polar surface area (TPSA) is 55.1 Å². The summed E-state index contributed by atoms with van der Waals surface area (Å²) >= 11 is 5.90. The molecule has 0 spiro atoms. The van der Waals surface area contributed by atoms with Crippen LogP contribution in [0.15, 0.2) is 24.4 Å². The maximum Gasteiger partial charge on any atom is 0.305 e. The van der Waals surface area contributed by atoms with E-state index in [0.29, 0.717) is 5.02 Å². The van der Waals surface area contributed by atoms with Crippen molar-refractivity contribution in [2.45, 2.75) is 19.4 Å². The Balaban J connectivity index is 2.44. The molecule has 0 aliphatic carbocycles. The van der Waals surface area contributed by atoms with Crippen molar-refractivity contribution < 1.29 is 9.90 Å². The van der Waals surface area contributed by atoms with E-state index in [1.54, 1.807) is 23.0 Å². The molecule has 0 aliphatic rings. The van der Waals surface area contributed by atoms with Gasteiger partial charge >= 0.3 is 5.97 Å². The minimum Gasteiger partial charge on any atom is -0.481 e. The van der Waals surface area contributed by atoms with Crippen molar-refractivity contribution in [2.75, 3.05) is 0 Å². The molecule has 0 saturated heterocycles. The van der Waals surface area contributed by atoms with Gasteiger partial charge in [-0.05, 0) is 25.1 Å². The number of hydrogen-bond acceptors (Lipinski definition) is 2. The van der Waals surface area contributed by atoms with Gasteiger partial charge in [-0.2, -0.15) is 5.10 Å². The quantitative estimate of drug-likeness (QED) is 0.895. The monoisotopic (exact) mass is 238 g/mol. The molecule has 0 fully saturated rings. The Kier molecular flexibility index (Phi) is 2.83. The van der Waals surface area contributed by atoms with Gasteiger partial charge in [-0.3, -0.25) is 9.48 Å². The number of carbonyl (C=O) groups is 1. The zero-order valence-electron chi connectivity index (χ0n) is 8.72. The third-order valence-corrected chi connectivity index (χ3v) is 2.68. The number of nitrogens with zero attached hydrogens (tertiary/aromatic N) is 2. The zero-order chi connectivity index (χ0) is 11.7. The second-order valence-electron chi connectivity index (χ2n) is 3.74. The summed E-state index contributed by atoms with van der Waals surface area (Å²) in [5.74, 6) is -0.835. The van der Waals surface area contributed by atoms with Crippen LogP contribution in [0.25, 0.3) is 10.9 Å². The molecule has 2 aromatic rings. The molecule has 5 heteroatoms. The van der Waals surface area contributed by atoms with Crippen LogP contribution in [0, 0.1) is 0 Å². The summed E-state index contributed by atoms with van der Waals surface area (Å²) in [6.07, 6.45) is 1.76. The lowest BCUT2D eigenvalue weighted by Crippen LogP contribution is -2.11. The van der Waals surface area contributed by atoms with Crippen LogP contribution in [0.4, 0.5) is 0 Å². The van der Waals surface area contributed by atoms with E-state index in [1.807, 2.05) is 13.0 Å². The van der Waals surface area contributed by atoms with E-state index >= 15 is 0 Å². The Morgan fingerprint density at radius 1 is 1.62 bits per heavy atom. The minimum atomic E-state index is -0.835. The lowest BCUT2D eigenvalue weighted by Gasteiger charge is -2.10. The molecule has 0 aliphatic heterocycles. The predicted octanol–water partition coefficient (Wildman–Crippen LogP) is 2.73. The predicted molar refractivity (Wildman–Crippen MR) is 61.7 cm³/mol. The number of rotatable bonds is 3. The Labute approximate surface area is 97.4 Å². The van der Waals surface area contributed by atoms with Gasteiger partial charge < -0.3 is 5.11 Å². The molecule has 0 bridgehead atoms. The van der Waals surface area contributed by atoms with Crippen LogP contribution in [0.3, 0.4) is 0 Å². The smallest absolute Gasteiger partial charge is 0.305 e. The fraction of sp³-hybridized carbons (Fsp3) is 0.273. The fourth-order valence-corrected chi connectivity index (χ4v) is 1.87. The largest absolute Gasteiger partial charge is 0.481 e. The first-order chi connectivity index (χ1) is 7.58. The summed E-state index contributed by atoms with van der Waals surface area (Å²) in [5.41, 5.74) is 0.862. The van der Waals surface area contributed by atoms with Gasteiger partial charge in [-0.15, -0.1) is 0 Å². The van der Waals surface area contributed by atoms with Gasteiger partial charge in [0.05, 0.1) is 24.2 Å². The van der Waals surface area contributed by atoms with Crippen molar-refractivity contribution in [1.82, 2.24) is 9.78 Å². The first-order valence-corrected chi connectivity index (χ1v) is 5.30. The summed E-state index contributed by atoms with van der Waals surface area (Å²) in [6, 6.07) is 5.27. The third-order valence-electron chi connectivity index (χ3n) is 2.45. The molecule has 1 heterocycles. The van der Waals surface area contributed by atoms with Crippen molar-refractivity contribution in [1.29, 1.82) is 0 Å². The van der Waals surface area contributed by atoms with Gasteiger partial charge in [-0.25, -0.2) is 0 Å². The van der Waals surface area contributed by atoms with Crippen LogP contribution >= 0.6 is 11.6 Å². The summed E-state index contributed by atoms with van der Waals surface area (Å²) in [7, 11) is 0. The lowest BCUT2D eigenvalue weighted by atomic mass is 10.2. The molecular weight excluding hydrogens is 228 g/mol. The lowest BCUT2D eigenvalue weighted by molar-refractivity contribution is -0.137. The van der Waals surface area contributed by atoms with Gasteiger partial charge in [0.1, 0.15) is 0 Å². The van der Waals surface area contributed by atoms with Gasteiger partial charge in [-0.1, -0.05) is 11.6 Å². The second kappa shape index (κ2) is 4.14. The van der Waals surface area contributed by atoms with Crippen LogP contribution in [-0.4, -0.2) is 20.9 Å². The zero-order valence-corrected chi connectivity index (χ0v) is 9.48. The average Bonchev–Trinajstić information content (AvgIpc) is 2.59. The van der Waals surface area contributed by atoms with Crippen molar-refractivity contribution in [3.63, 3.8) is 0 Å². The molecule has 1 atom stereocenters. The number of carboxylic acid groups (broad SMARTS) is 1. The van der Waals surface area contributed by atoms with Crippen LogP contribution < -0.4 is 0 Å². The first-order valence-electron chi connectivity index (χ1n) is 4.92. The molecule has 2 rings (SSSR count). The molecule has 1 unspecified atom stereocenters. The Morgan fingerprint density at radius 2 is 2.38 bits per heavy atom. The van der Waals surface area contributed by atoms with Crippen molar-refractivity contribution in [3.05, 3.63) is 29.4 Å². The molecule has 1 aromatic carbocycles. The Bertz CT molecular complexity index is 536. The van der Waals surface area contributed by atoms with E-state index < -0.39 is 5.97 Å². The highest BCUT2D eigenvalue weighted by Gasteiger charge is 2.13. The summed E-state index contributed by atoms with van der Waals surface area (Å²) in [6.45, 7) is 1.82. The summed E-state index contributed by atoms with van der Waals surface area (Å²) in [4.78, 5) is 10.6. The fourth-order valence-electron chi connectivity index (χ4n) is 1.70. The van der Waals surface area contributed by atoms with E-state index in [1.165, 1.54) is 0 Å². The average molecular weight is 239 g/mol. The maximum absolute atomic E-state index is 10.6. The van der Waals surface area contributed by atoms with E-state index in [0.717, 1.165) is 10.9 Å². The van der Waals surface area contributed by atoms with E-state index in [9.17, 15) is 4.79 Å². The van der Waals surface area contributed by atoms with E-state index in [4.69, 9.17) is 16.7 Å². The van der Waals surface area contributed by atoms with E-state index in [-0.39, 0.29) is 12.5 Å². The number of fused-ring (bicyclic) bond motifs is 1. The molecule has 0 saturated carbocycles. The van der Waals surface area contributed by atoms with Gasteiger partial charge in [0, 0.05) is 10.4 Å². The number of aliphatic carboxylic acids is 1. The number of benzene rings is 1. The number of carboxylic acids is 1. The molecule has 84 valence electrons. The molecule has 1 aromatic heterocycles. The Morgan fingerprint density at radius 3 is 3.06 bits per heavy atom. The molecule has 0 amide bonds. The first kappa shape index (κ1) is 11.0. The summed E-state index contributed by atoms with van der Waals surface area (Å²) < 4.78 is 1.69. The van der Waals surface area contributed by atoms with Gasteiger partial charge in [0.15, 0.2) is 0 Å². The molecule has 16 heavy (non-hydrogen) atoms. The van der Waals surface area contributed by atoms with Gasteiger partial charge in [0.2, 0.25) is 0 Å². The normalized spacial score (nSPS) is 12.9. The SMILES string of the molecule is CC(CC(=O)O)n1ncc2ccc(Cl)cc21.